The van der Waals surface area contributed by atoms with E-state index in [1.165, 1.54) is 24.0 Å². The monoisotopic (exact) mass is 515 g/mol. The minimum Gasteiger partial charge on any atom is -0.447 e. The third kappa shape index (κ3) is 3.73. The van der Waals surface area contributed by atoms with Gasteiger partial charge in [0, 0.05) is 24.5 Å². The number of likely N-dealkylation sites (tertiary alicyclic amines) is 2. The summed E-state index contributed by atoms with van der Waals surface area (Å²) < 4.78 is 33.5. The van der Waals surface area contributed by atoms with Crippen molar-refractivity contribution in [3.8, 4) is 0 Å². The zero-order chi connectivity index (χ0) is 25.3. The van der Waals surface area contributed by atoms with Gasteiger partial charge in [-0.2, -0.15) is 4.31 Å². The fourth-order valence-corrected chi connectivity index (χ4v) is 9.94. The summed E-state index contributed by atoms with van der Waals surface area (Å²) in [5, 5.41) is 0. The van der Waals surface area contributed by atoms with Gasteiger partial charge < -0.3 is 9.64 Å². The number of amides is 1. The zero-order valence-electron chi connectivity index (χ0n) is 22.0. The lowest BCUT2D eigenvalue weighted by atomic mass is 9.69. The van der Waals surface area contributed by atoms with Crippen LogP contribution in [0.15, 0.2) is 24.3 Å². The van der Waals surface area contributed by atoms with E-state index in [2.05, 4.69) is 28.0 Å². The van der Waals surface area contributed by atoms with Crippen molar-refractivity contribution in [3.05, 3.63) is 35.4 Å². The van der Waals surface area contributed by atoms with Crippen molar-refractivity contribution >= 4 is 16.1 Å². The van der Waals surface area contributed by atoms with Crippen LogP contribution in [0.3, 0.4) is 0 Å². The third-order valence-electron chi connectivity index (χ3n) is 9.96. The molecular formula is C28H41N3O4S. The summed E-state index contributed by atoms with van der Waals surface area (Å²) in [4.78, 5) is 17.5. The minimum atomic E-state index is -3.25. The second kappa shape index (κ2) is 8.70. The Morgan fingerprint density at radius 1 is 1.17 bits per heavy atom. The van der Waals surface area contributed by atoms with Crippen LogP contribution in [0, 0.1) is 5.92 Å². The smallest absolute Gasteiger partial charge is 0.410 e. The maximum absolute atomic E-state index is 13.1. The number of hydrogen-bond donors (Lipinski definition) is 0. The molecule has 2 aliphatic carbocycles. The molecule has 5 aliphatic rings. The molecule has 1 aromatic rings. The van der Waals surface area contributed by atoms with Crippen LogP contribution in [-0.4, -0.2) is 77.7 Å². The lowest BCUT2D eigenvalue weighted by Crippen LogP contribution is -2.54. The van der Waals surface area contributed by atoms with Gasteiger partial charge in [-0.25, -0.2) is 13.2 Å². The van der Waals surface area contributed by atoms with Crippen molar-refractivity contribution in [2.75, 3.05) is 25.4 Å². The number of nitrogens with zero attached hydrogens (tertiary/aromatic N) is 3. The van der Waals surface area contributed by atoms with Gasteiger partial charge in [0.2, 0.25) is 10.0 Å². The van der Waals surface area contributed by atoms with E-state index in [1.54, 1.807) is 4.31 Å². The number of hydrogen-bond acceptors (Lipinski definition) is 5. The number of rotatable bonds is 5. The van der Waals surface area contributed by atoms with E-state index in [0.717, 1.165) is 38.8 Å². The second-order valence-electron chi connectivity index (χ2n) is 12.2. The topological polar surface area (TPSA) is 69.9 Å². The summed E-state index contributed by atoms with van der Waals surface area (Å²) >= 11 is 0. The van der Waals surface area contributed by atoms with E-state index >= 15 is 0 Å². The number of fused-ring (bicyclic) bond motifs is 2. The average molecular weight is 516 g/mol. The summed E-state index contributed by atoms with van der Waals surface area (Å²) in [6.45, 7) is 8.87. The normalized spacial score (nSPS) is 33.4. The van der Waals surface area contributed by atoms with Gasteiger partial charge in [0.25, 0.3) is 0 Å². The molecule has 4 fully saturated rings. The Labute approximate surface area is 216 Å². The van der Waals surface area contributed by atoms with Crippen molar-refractivity contribution in [2.24, 2.45) is 5.92 Å². The van der Waals surface area contributed by atoms with Gasteiger partial charge in [-0.3, -0.25) is 4.90 Å². The molecule has 3 heterocycles. The number of carbonyl (C=O) groups excluding carboxylic acids is 1. The molecule has 0 bridgehead atoms. The summed E-state index contributed by atoms with van der Waals surface area (Å²) in [5.74, 6) is 0.813. The van der Waals surface area contributed by atoms with E-state index in [4.69, 9.17) is 4.74 Å². The molecule has 0 radical (unpaired) electrons. The van der Waals surface area contributed by atoms with Crippen LogP contribution < -0.4 is 0 Å². The van der Waals surface area contributed by atoms with Crippen LogP contribution in [0.1, 0.15) is 76.8 Å². The van der Waals surface area contributed by atoms with Gasteiger partial charge in [-0.05, 0) is 88.9 Å². The number of benzene rings is 1. The number of piperidine rings is 2. The van der Waals surface area contributed by atoms with Gasteiger partial charge in [0.1, 0.15) is 0 Å². The van der Waals surface area contributed by atoms with E-state index in [-0.39, 0.29) is 28.9 Å². The van der Waals surface area contributed by atoms with Gasteiger partial charge in [-0.1, -0.05) is 31.2 Å². The Morgan fingerprint density at radius 3 is 2.64 bits per heavy atom. The Morgan fingerprint density at radius 2 is 1.92 bits per heavy atom. The van der Waals surface area contributed by atoms with Crippen LogP contribution in [0.25, 0.3) is 0 Å². The van der Waals surface area contributed by atoms with E-state index in [0.29, 0.717) is 37.5 Å². The van der Waals surface area contributed by atoms with Crippen molar-refractivity contribution in [2.45, 2.75) is 101 Å². The number of sulfonamides is 1. The molecule has 2 saturated heterocycles. The molecule has 1 aromatic carbocycles. The third-order valence-corrected chi connectivity index (χ3v) is 11.9. The number of carbonyl (C=O) groups is 1. The minimum absolute atomic E-state index is 0.0360. The molecule has 198 valence electrons. The Kier molecular flexibility index (Phi) is 5.97. The highest BCUT2D eigenvalue weighted by Crippen LogP contribution is 2.65. The predicted octanol–water partition coefficient (Wildman–Crippen LogP) is 4.12. The summed E-state index contributed by atoms with van der Waals surface area (Å²) in [6, 6.07) is 9.38. The summed E-state index contributed by atoms with van der Waals surface area (Å²) in [5.41, 5.74) is 2.47. The van der Waals surface area contributed by atoms with Crippen molar-refractivity contribution in [1.82, 2.24) is 14.1 Å². The van der Waals surface area contributed by atoms with Crippen LogP contribution in [-0.2, 0) is 26.7 Å². The van der Waals surface area contributed by atoms with Gasteiger partial charge in [-0.15, -0.1) is 0 Å². The molecule has 0 N–H and O–H groups in total. The molecule has 3 aliphatic heterocycles. The zero-order valence-corrected chi connectivity index (χ0v) is 22.8. The lowest BCUT2D eigenvalue weighted by molar-refractivity contribution is 0.0871. The van der Waals surface area contributed by atoms with E-state index in [1.807, 2.05) is 26.8 Å². The molecule has 7 nitrogen and oxygen atoms in total. The highest BCUT2D eigenvalue weighted by atomic mass is 32.2. The first kappa shape index (κ1) is 24.7. The van der Waals surface area contributed by atoms with Crippen molar-refractivity contribution in [1.29, 1.82) is 0 Å². The SMILES string of the molecule is CCCS(=O)(=O)N1Cc2ccccc2C2(CCN(C3CC4CCC5N(C(=O)OC(C)C)[C@]45C3)CC2)C1. The molecule has 1 amide bonds. The predicted molar refractivity (Wildman–Crippen MR) is 139 cm³/mol. The van der Waals surface area contributed by atoms with Crippen LogP contribution in [0.4, 0.5) is 4.79 Å². The molecule has 36 heavy (non-hydrogen) atoms. The first-order chi connectivity index (χ1) is 17.2. The Bertz CT molecular complexity index is 1130. The largest absolute Gasteiger partial charge is 0.447 e. The summed E-state index contributed by atoms with van der Waals surface area (Å²) in [6.07, 6.45) is 6.99. The Balaban J connectivity index is 1.17. The maximum atomic E-state index is 13.1. The van der Waals surface area contributed by atoms with Crippen LogP contribution in [0.2, 0.25) is 0 Å². The average Bonchev–Trinajstić information content (AvgIpc) is 3.10. The van der Waals surface area contributed by atoms with Gasteiger partial charge >= 0.3 is 6.09 Å². The molecule has 3 unspecified atom stereocenters. The quantitative estimate of drug-likeness (QED) is 0.552. The van der Waals surface area contributed by atoms with Crippen molar-refractivity contribution < 1.29 is 17.9 Å². The van der Waals surface area contributed by atoms with Crippen LogP contribution >= 0.6 is 0 Å². The van der Waals surface area contributed by atoms with Gasteiger partial charge in [0.05, 0.1) is 23.4 Å². The standard InChI is InChI=1S/C28H41N3O4S/c1-4-15-36(33,34)30-18-21-7-5-6-8-24(21)27(19-30)11-13-29(14-12-27)23-16-22-9-10-25-28(22,17-23)31(25)26(32)35-20(2)3/h5-8,20,22-23,25H,4,9-19H2,1-3H3/t22?,23?,25?,28-,31?/m1/s1. The highest BCUT2D eigenvalue weighted by Gasteiger charge is 2.75. The summed E-state index contributed by atoms with van der Waals surface area (Å²) in [7, 11) is -3.25. The fourth-order valence-electron chi connectivity index (χ4n) is 8.39. The molecule has 2 saturated carbocycles. The lowest BCUT2D eigenvalue weighted by Gasteiger charge is -2.49. The first-order valence-corrected chi connectivity index (χ1v) is 15.6. The molecular weight excluding hydrogens is 474 g/mol. The molecule has 2 spiro atoms. The van der Waals surface area contributed by atoms with E-state index < -0.39 is 10.0 Å². The second-order valence-corrected chi connectivity index (χ2v) is 14.3. The first-order valence-electron chi connectivity index (χ1n) is 14.0. The maximum Gasteiger partial charge on any atom is 0.410 e. The molecule has 0 aromatic heterocycles. The highest BCUT2D eigenvalue weighted by molar-refractivity contribution is 7.89. The molecule has 4 atom stereocenters. The van der Waals surface area contributed by atoms with Crippen LogP contribution in [0.5, 0.6) is 0 Å². The van der Waals surface area contributed by atoms with E-state index in [9.17, 15) is 13.2 Å². The van der Waals surface area contributed by atoms with Gasteiger partial charge in [0.15, 0.2) is 0 Å². The Hall–Kier alpha value is -1.64. The molecule has 6 rings (SSSR count). The molecule has 8 heteroatoms. The number of ether oxygens (including phenoxy) is 1. The fraction of sp³-hybridized carbons (Fsp3) is 0.750. The van der Waals surface area contributed by atoms with Crippen molar-refractivity contribution in [3.63, 3.8) is 0 Å².